The lowest BCUT2D eigenvalue weighted by atomic mass is 9.87. The summed E-state index contributed by atoms with van der Waals surface area (Å²) in [6.45, 7) is 10.7. The summed E-state index contributed by atoms with van der Waals surface area (Å²) in [4.78, 5) is 20.2. The van der Waals surface area contributed by atoms with Crippen molar-refractivity contribution in [2.45, 2.75) is 57.5 Å². The van der Waals surface area contributed by atoms with Crippen LogP contribution < -0.4 is 10.1 Å². The molecule has 4 unspecified atom stereocenters. The van der Waals surface area contributed by atoms with Gasteiger partial charge in [-0.3, -0.25) is 9.69 Å². The van der Waals surface area contributed by atoms with E-state index in [0.717, 1.165) is 72.1 Å². The Balaban J connectivity index is 1.15. The Bertz CT molecular complexity index is 1340. The standard InChI is InChI=1S/C33H41ClN4O3/c1-4-38-29-18-24(34)11-9-22(29)19-37(21-31(38)39)25-13-16-36(20-25)15-6-8-26-27-7-5-14-35-32(27)41-30-12-10-23(17-28(26)30)33(2,3)40/h5,7-12,14,17-18,22,25,29,32,35,40H,4,6,13,15-16,19-21H2,1-3H3/b26-8+. The second kappa shape index (κ2) is 11.4. The van der Waals surface area contributed by atoms with Gasteiger partial charge < -0.3 is 25.0 Å². The molecule has 4 atom stereocenters. The van der Waals surface area contributed by atoms with E-state index in [-0.39, 0.29) is 24.1 Å². The van der Waals surface area contributed by atoms with E-state index in [9.17, 15) is 9.90 Å². The highest BCUT2D eigenvalue weighted by atomic mass is 35.5. The number of dihydropyridines is 1. The van der Waals surface area contributed by atoms with Gasteiger partial charge in [-0.15, -0.1) is 0 Å². The molecule has 2 fully saturated rings. The number of nitrogens with one attached hydrogen (secondary N) is 1. The lowest BCUT2D eigenvalue weighted by Gasteiger charge is -2.33. The molecule has 7 nitrogen and oxygen atoms in total. The topological polar surface area (TPSA) is 68.3 Å². The molecule has 0 spiro atoms. The van der Waals surface area contributed by atoms with E-state index in [1.807, 2.05) is 55.3 Å². The third-order valence-electron chi connectivity index (χ3n) is 9.07. The van der Waals surface area contributed by atoms with E-state index >= 15 is 0 Å². The van der Waals surface area contributed by atoms with Crippen molar-refractivity contribution >= 4 is 23.1 Å². The van der Waals surface area contributed by atoms with Crippen LogP contribution in [0.2, 0.25) is 0 Å². The molecule has 2 saturated heterocycles. The summed E-state index contributed by atoms with van der Waals surface area (Å²) >= 11 is 6.32. The van der Waals surface area contributed by atoms with E-state index in [1.165, 1.54) is 0 Å². The average Bonchev–Trinajstić information content (AvgIpc) is 3.36. The molecule has 4 aliphatic heterocycles. The van der Waals surface area contributed by atoms with Crippen LogP contribution in [0, 0.1) is 5.92 Å². The van der Waals surface area contributed by atoms with Gasteiger partial charge in [0.2, 0.25) is 5.91 Å². The first-order valence-electron chi connectivity index (χ1n) is 14.9. The third kappa shape index (κ3) is 5.78. The summed E-state index contributed by atoms with van der Waals surface area (Å²) in [7, 11) is 0. The van der Waals surface area contributed by atoms with Gasteiger partial charge in [0.25, 0.3) is 0 Å². The second-order valence-electron chi connectivity index (χ2n) is 12.2. The van der Waals surface area contributed by atoms with Gasteiger partial charge in [-0.2, -0.15) is 0 Å². The molecule has 0 saturated carbocycles. The van der Waals surface area contributed by atoms with Crippen LogP contribution in [-0.4, -0.2) is 83.3 Å². The van der Waals surface area contributed by atoms with Crippen molar-refractivity contribution in [3.63, 3.8) is 0 Å². The molecule has 1 aliphatic carbocycles. The van der Waals surface area contributed by atoms with Crippen LogP contribution in [0.25, 0.3) is 5.57 Å². The predicted molar refractivity (Wildman–Crippen MR) is 163 cm³/mol. The van der Waals surface area contributed by atoms with Gasteiger partial charge in [-0.1, -0.05) is 35.9 Å². The Morgan fingerprint density at radius 2 is 2.12 bits per heavy atom. The number of carbonyl (C=O) groups is 1. The van der Waals surface area contributed by atoms with Crippen molar-refractivity contribution in [2.24, 2.45) is 5.92 Å². The minimum Gasteiger partial charge on any atom is -0.466 e. The maximum atomic E-state index is 13.2. The maximum absolute atomic E-state index is 13.2. The van der Waals surface area contributed by atoms with Crippen molar-refractivity contribution in [2.75, 3.05) is 39.3 Å². The van der Waals surface area contributed by atoms with Crippen LogP contribution >= 0.6 is 11.6 Å². The number of benzene rings is 1. The number of rotatable bonds is 6. The fraction of sp³-hybridized carbons (Fsp3) is 0.485. The third-order valence-corrected chi connectivity index (χ3v) is 9.32. The van der Waals surface area contributed by atoms with Crippen LogP contribution in [-0.2, 0) is 10.4 Å². The summed E-state index contributed by atoms with van der Waals surface area (Å²) in [5.74, 6) is 1.29. The number of ether oxygens (including phenoxy) is 1. The quantitative estimate of drug-likeness (QED) is 0.524. The van der Waals surface area contributed by atoms with E-state index < -0.39 is 5.60 Å². The molecule has 0 aromatic heterocycles. The van der Waals surface area contributed by atoms with E-state index in [0.29, 0.717) is 19.1 Å². The minimum absolute atomic E-state index is 0.0423. The predicted octanol–water partition coefficient (Wildman–Crippen LogP) is 4.37. The van der Waals surface area contributed by atoms with Crippen LogP contribution in [0.4, 0.5) is 0 Å². The smallest absolute Gasteiger partial charge is 0.237 e. The number of hydrogen-bond acceptors (Lipinski definition) is 6. The molecule has 0 bridgehead atoms. The maximum Gasteiger partial charge on any atom is 0.237 e. The molecule has 8 heteroatoms. The second-order valence-corrected chi connectivity index (χ2v) is 12.7. The Labute approximate surface area is 248 Å². The van der Waals surface area contributed by atoms with Gasteiger partial charge in [0, 0.05) is 54.3 Å². The number of amides is 1. The molecular weight excluding hydrogens is 536 g/mol. The van der Waals surface area contributed by atoms with Gasteiger partial charge >= 0.3 is 0 Å². The molecule has 1 amide bonds. The lowest BCUT2D eigenvalue weighted by molar-refractivity contribution is -0.132. The first-order valence-corrected chi connectivity index (χ1v) is 15.3. The summed E-state index contributed by atoms with van der Waals surface area (Å²) in [6, 6.07) is 6.39. The van der Waals surface area contributed by atoms with Crippen molar-refractivity contribution in [3.8, 4) is 5.75 Å². The number of allylic oxidation sites excluding steroid dienone is 4. The summed E-state index contributed by atoms with van der Waals surface area (Å²) in [5.41, 5.74) is 3.23. The highest BCUT2D eigenvalue weighted by Gasteiger charge is 2.38. The number of fused-ring (bicyclic) bond motifs is 3. The Hall–Kier alpha value is -2.84. The zero-order valence-electron chi connectivity index (χ0n) is 24.2. The molecule has 2 N–H and O–H groups in total. The number of nitrogens with zero attached hydrogens (tertiary/aromatic N) is 3. The highest BCUT2D eigenvalue weighted by molar-refractivity contribution is 6.31. The summed E-state index contributed by atoms with van der Waals surface area (Å²) in [6.07, 6.45) is 16.3. The SMILES string of the molecule is CCN1C(=O)CN(C2CCN(CC/C=C3\C4=CC=CNC4Oc4ccc(C(C)(C)O)cc43)C2)CC2C=CC(Cl)=CC21. The Morgan fingerprint density at radius 3 is 2.93 bits per heavy atom. The van der Waals surface area contributed by atoms with Crippen LogP contribution in [0.1, 0.15) is 44.7 Å². The van der Waals surface area contributed by atoms with Crippen molar-refractivity contribution < 1.29 is 14.6 Å². The molecule has 4 heterocycles. The van der Waals surface area contributed by atoms with Gasteiger partial charge in [0.15, 0.2) is 6.23 Å². The van der Waals surface area contributed by atoms with Crippen LogP contribution in [0.3, 0.4) is 0 Å². The minimum atomic E-state index is -0.931. The van der Waals surface area contributed by atoms with E-state index in [1.54, 1.807) is 0 Å². The first-order chi connectivity index (χ1) is 19.7. The van der Waals surface area contributed by atoms with Crippen LogP contribution in [0.5, 0.6) is 5.75 Å². The largest absolute Gasteiger partial charge is 0.466 e. The van der Waals surface area contributed by atoms with Crippen LogP contribution in [0.15, 0.2) is 71.5 Å². The first kappa shape index (κ1) is 28.3. The van der Waals surface area contributed by atoms with Gasteiger partial charge in [-0.25, -0.2) is 0 Å². The monoisotopic (exact) mass is 576 g/mol. The Kier molecular flexibility index (Phi) is 7.90. The number of carbonyl (C=O) groups excluding carboxylic acids is 1. The number of likely N-dealkylation sites (tertiary alicyclic amines) is 1. The van der Waals surface area contributed by atoms with Crippen molar-refractivity contribution in [1.29, 1.82) is 0 Å². The van der Waals surface area contributed by atoms with E-state index in [2.05, 4.69) is 46.3 Å². The molecule has 1 aromatic rings. The van der Waals surface area contributed by atoms with Crippen molar-refractivity contribution in [3.05, 3.63) is 82.6 Å². The fourth-order valence-corrected chi connectivity index (χ4v) is 7.03. The lowest BCUT2D eigenvalue weighted by Crippen LogP contribution is -2.44. The molecule has 41 heavy (non-hydrogen) atoms. The normalized spacial score (nSPS) is 29.2. The van der Waals surface area contributed by atoms with Gasteiger partial charge in [0.1, 0.15) is 5.75 Å². The molecular formula is C33H41ClN4O3. The fourth-order valence-electron chi connectivity index (χ4n) is 6.83. The zero-order valence-corrected chi connectivity index (χ0v) is 25.0. The zero-order chi connectivity index (χ0) is 28.7. The van der Waals surface area contributed by atoms with Gasteiger partial charge in [-0.05, 0) is 87.9 Å². The highest BCUT2D eigenvalue weighted by Crippen LogP contribution is 2.41. The number of halogens is 1. The summed E-state index contributed by atoms with van der Waals surface area (Å²) in [5, 5.41) is 14.7. The number of aliphatic hydroxyl groups is 1. The molecule has 6 rings (SSSR count). The Morgan fingerprint density at radius 1 is 1.27 bits per heavy atom. The molecule has 5 aliphatic rings. The summed E-state index contributed by atoms with van der Waals surface area (Å²) < 4.78 is 6.26. The van der Waals surface area contributed by atoms with Gasteiger partial charge in [0.05, 0.1) is 18.2 Å². The van der Waals surface area contributed by atoms with Crippen molar-refractivity contribution in [1.82, 2.24) is 20.0 Å². The molecule has 1 aromatic carbocycles. The number of likely N-dealkylation sites (N-methyl/N-ethyl adjacent to an activating group) is 1. The molecule has 0 radical (unpaired) electrons. The molecule has 218 valence electrons. The number of hydrogen-bond donors (Lipinski definition) is 2. The van der Waals surface area contributed by atoms with E-state index in [4.69, 9.17) is 16.3 Å². The average molecular weight is 577 g/mol.